The number of alkyl halides is 3. The Morgan fingerprint density at radius 3 is 2.20 bits per heavy atom. The van der Waals surface area contributed by atoms with E-state index in [0.29, 0.717) is 6.42 Å². The van der Waals surface area contributed by atoms with Gasteiger partial charge in [0.2, 0.25) is 0 Å². The van der Waals surface area contributed by atoms with Crippen LogP contribution in [0.1, 0.15) is 100 Å². The summed E-state index contributed by atoms with van der Waals surface area (Å²) in [5, 5.41) is 61.9. The molecule has 0 spiro atoms. The predicted octanol–water partition coefficient (Wildman–Crippen LogP) is 4.52. The number of ether oxygens (including phenoxy) is 6. The smallest absolute Gasteiger partial charge is 0.416 e. The van der Waals surface area contributed by atoms with Crippen molar-refractivity contribution in [1.29, 1.82) is 0 Å². The number of likely N-dealkylation sites (N-methyl/N-ethyl adjacent to an activating group) is 1. The molecule has 16 nitrogen and oxygen atoms in total. The minimum Gasteiger partial charge on any atom is -0.459 e. The molecular formula is C45H74F3N3O13. The number of aliphatic hydroxyl groups is 5. The highest BCUT2D eigenvalue weighted by Gasteiger charge is 2.53. The number of nitrogens with zero attached hydrogens (tertiary/aromatic N) is 2. The predicted molar refractivity (Wildman–Crippen MR) is 229 cm³/mol. The molecule has 0 unspecified atom stereocenters. The molecule has 0 aliphatic carbocycles. The summed E-state index contributed by atoms with van der Waals surface area (Å²) in [5.41, 5.74) is -6.38. The molecule has 0 aromatic heterocycles. The minimum absolute atomic E-state index is 0.000928. The van der Waals surface area contributed by atoms with Crippen LogP contribution < -0.4 is 5.32 Å². The van der Waals surface area contributed by atoms with Gasteiger partial charge in [0.1, 0.15) is 30.0 Å². The van der Waals surface area contributed by atoms with Gasteiger partial charge in [0.15, 0.2) is 12.6 Å². The maximum atomic E-state index is 14.5. The van der Waals surface area contributed by atoms with E-state index in [9.17, 15) is 48.3 Å². The molecule has 3 heterocycles. The third-order valence-electron chi connectivity index (χ3n) is 13.6. The number of carbonyl (C=O) groups excluding carboxylic acids is 2. The topological polar surface area (TPSA) is 209 Å². The Morgan fingerprint density at radius 1 is 0.984 bits per heavy atom. The van der Waals surface area contributed by atoms with Crippen molar-refractivity contribution in [1.82, 2.24) is 9.80 Å². The summed E-state index contributed by atoms with van der Waals surface area (Å²) in [4.78, 5) is 31.7. The van der Waals surface area contributed by atoms with Gasteiger partial charge >= 0.3 is 18.2 Å². The monoisotopic (exact) mass is 922 g/mol. The molecule has 18 atom stereocenters. The first kappa shape index (κ1) is 53.9. The van der Waals surface area contributed by atoms with Crippen molar-refractivity contribution in [2.24, 2.45) is 17.8 Å². The summed E-state index contributed by atoms with van der Waals surface area (Å²) in [6.45, 7) is 15.8. The van der Waals surface area contributed by atoms with E-state index in [1.165, 1.54) is 33.9 Å². The fourth-order valence-electron chi connectivity index (χ4n) is 9.75. The maximum absolute atomic E-state index is 14.5. The molecule has 2 amide bonds. The highest BCUT2D eigenvalue weighted by Crippen LogP contribution is 2.40. The van der Waals surface area contributed by atoms with Crippen LogP contribution in [0.5, 0.6) is 0 Å². The van der Waals surface area contributed by atoms with Crippen LogP contribution in [0.25, 0.3) is 0 Å². The molecule has 3 saturated heterocycles. The van der Waals surface area contributed by atoms with Gasteiger partial charge < -0.3 is 69.1 Å². The second kappa shape index (κ2) is 21.1. The molecule has 1 aromatic carbocycles. The summed E-state index contributed by atoms with van der Waals surface area (Å²) in [5.74, 6) is -3.65. The lowest BCUT2D eigenvalue weighted by Gasteiger charge is -2.48. The second-order valence-electron chi connectivity index (χ2n) is 19.4. The Labute approximate surface area is 375 Å². The molecule has 368 valence electrons. The highest BCUT2D eigenvalue weighted by molar-refractivity contribution is 5.89. The third kappa shape index (κ3) is 12.2. The molecular weight excluding hydrogens is 847 g/mol. The summed E-state index contributed by atoms with van der Waals surface area (Å²) in [6.07, 6.45) is -15.7. The Kier molecular flexibility index (Phi) is 17.8. The van der Waals surface area contributed by atoms with Crippen LogP contribution in [-0.4, -0.2) is 165 Å². The zero-order valence-corrected chi connectivity index (χ0v) is 39.5. The normalized spacial score (nSPS) is 42.4. The first-order valence-electron chi connectivity index (χ1n) is 22.3. The average Bonchev–Trinajstić information content (AvgIpc) is 3.20. The lowest BCUT2D eigenvalue weighted by molar-refractivity contribution is -0.318. The Bertz CT molecular complexity index is 1710. The van der Waals surface area contributed by atoms with Gasteiger partial charge in [-0.3, -0.25) is 4.79 Å². The molecule has 0 radical (unpaired) electrons. The van der Waals surface area contributed by atoms with Crippen LogP contribution >= 0.6 is 0 Å². The number of methoxy groups -OCH3 is 1. The fourth-order valence-corrected chi connectivity index (χ4v) is 9.75. The van der Waals surface area contributed by atoms with E-state index in [-0.39, 0.29) is 37.6 Å². The largest absolute Gasteiger partial charge is 0.459 e. The van der Waals surface area contributed by atoms with Crippen LogP contribution in [0, 0.1) is 17.8 Å². The van der Waals surface area contributed by atoms with Gasteiger partial charge in [0.25, 0.3) is 0 Å². The number of cyclic esters (lactones) is 1. The number of hydrogen-bond donors (Lipinski definition) is 6. The number of anilines is 1. The van der Waals surface area contributed by atoms with Crippen molar-refractivity contribution >= 4 is 17.7 Å². The van der Waals surface area contributed by atoms with Crippen molar-refractivity contribution < 1.29 is 76.7 Å². The van der Waals surface area contributed by atoms with Gasteiger partial charge in [-0.15, -0.1) is 0 Å². The molecule has 0 bridgehead atoms. The Morgan fingerprint density at radius 2 is 1.62 bits per heavy atom. The Balaban J connectivity index is 1.86. The van der Waals surface area contributed by atoms with E-state index in [1.807, 2.05) is 25.9 Å². The number of esters is 1. The fraction of sp³-hybridized carbons (Fsp3) is 0.822. The molecule has 4 rings (SSSR count). The zero-order valence-electron chi connectivity index (χ0n) is 39.5. The van der Waals surface area contributed by atoms with Crippen LogP contribution in [0.15, 0.2) is 24.3 Å². The standard InChI is InChI=1S/C45H74F3N3O13/c1-14-32-44(10,58)36(53)27(6)51(41(56)49-30-17-15-16-29(19-30)45(46,47)48)22-23(2)20-42(8,57)38(64-40-34(52)31(50(11)12)18-24(3)60-40)25(4)35(26(5)39(55)62-32)63-33-21-43(9,59-13)37(54)28(7)61-33/h15-17,19,23-28,31-38,40,52-54,57-58H,14,18,20-22H2,1-13H3,(H,49,56)/t23-,24-,25+,26-,27-,28+,31-,32-,33+,34-,35+,36-,37+,38-,40+,42-,43-,44-/m1/s1. The highest BCUT2D eigenvalue weighted by atomic mass is 19.4. The van der Waals surface area contributed by atoms with Gasteiger partial charge in [0, 0.05) is 37.7 Å². The van der Waals surface area contributed by atoms with E-state index in [0.717, 1.165) is 23.1 Å². The van der Waals surface area contributed by atoms with Gasteiger partial charge in [-0.1, -0.05) is 26.8 Å². The Hall–Kier alpha value is -2.69. The molecule has 1 aromatic rings. The van der Waals surface area contributed by atoms with E-state index in [1.54, 1.807) is 41.5 Å². The molecule has 3 aliphatic heterocycles. The van der Waals surface area contributed by atoms with E-state index in [4.69, 9.17) is 28.4 Å². The van der Waals surface area contributed by atoms with Crippen molar-refractivity contribution in [3.63, 3.8) is 0 Å². The summed E-state index contributed by atoms with van der Waals surface area (Å²) >= 11 is 0. The second-order valence-corrected chi connectivity index (χ2v) is 19.4. The van der Waals surface area contributed by atoms with Gasteiger partial charge in [0.05, 0.1) is 53.1 Å². The zero-order chi connectivity index (χ0) is 48.4. The number of carbonyl (C=O) groups is 2. The van der Waals surface area contributed by atoms with Gasteiger partial charge in [-0.05, 0) is 106 Å². The van der Waals surface area contributed by atoms with Crippen molar-refractivity contribution in [3.8, 4) is 0 Å². The molecule has 64 heavy (non-hydrogen) atoms. The summed E-state index contributed by atoms with van der Waals surface area (Å²) in [6, 6.07) is 1.48. The lowest BCUT2D eigenvalue weighted by atomic mass is 9.77. The summed E-state index contributed by atoms with van der Waals surface area (Å²) in [7, 11) is 5.08. The number of nitrogens with one attached hydrogen (secondary N) is 1. The first-order chi connectivity index (χ1) is 29.5. The molecule has 3 aliphatic rings. The van der Waals surface area contributed by atoms with Gasteiger partial charge in [-0.25, -0.2) is 4.79 Å². The quantitative estimate of drug-likeness (QED) is 0.198. The van der Waals surface area contributed by atoms with Crippen LogP contribution in [-0.2, 0) is 39.4 Å². The number of halogens is 3. The molecule has 6 N–H and O–H groups in total. The maximum Gasteiger partial charge on any atom is 0.416 e. The number of urea groups is 1. The van der Waals surface area contributed by atoms with Crippen LogP contribution in [0.2, 0.25) is 0 Å². The van der Waals surface area contributed by atoms with Gasteiger partial charge in [-0.2, -0.15) is 13.2 Å². The number of amides is 2. The van der Waals surface area contributed by atoms with Crippen molar-refractivity contribution in [3.05, 3.63) is 29.8 Å². The van der Waals surface area contributed by atoms with Crippen molar-refractivity contribution in [2.45, 2.75) is 191 Å². The van der Waals surface area contributed by atoms with E-state index < -0.39 is 126 Å². The molecule has 19 heteroatoms. The number of hydrogen-bond acceptors (Lipinski definition) is 14. The number of aliphatic hydroxyl groups excluding tert-OH is 3. The lowest BCUT2D eigenvalue weighted by Crippen LogP contribution is -2.61. The average molecular weight is 922 g/mol. The van der Waals surface area contributed by atoms with Crippen molar-refractivity contribution in [2.75, 3.05) is 33.1 Å². The number of benzene rings is 1. The number of rotatable bonds is 8. The summed E-state index contributed by atoms with van der Waals surface area (Å²) < 4.78 is 78.5. The molecule has 0 saturated carbocycles. The first-order valence-corrected chi connectivity index (χ1v) is 22.3. The molecule has 3 fully saturated rings. The van der Waals surface area contributed by atoms with Crippen LogP contribution in [0.4, 0.5) is 23.7 Å². The SMILES string of the molecule is CC[C@H]1OC(=O)[C@H](C)[C@@H](O[C@H]2C[C@@](C)(OC)[C@@H](O)[C@H](C)O2)[C@H](C)[C@@H](O[C@@H]2O[C@H](C)C[C@@H](N(C)C)[C@H]2O)[C@](C)(O)C[C@@H](C)CN(C(=O)Nc2cccc(C(F)(F)F)c2)[C@H](C)[C@@H](O)[C@]1(C)O. The third-order valence-corrected chi connectivity index (χ3v) is 13.6. The van der Waals surface area contributed by atoms with Crippen LogP contribution in [0.3, 0.4) is 0 Å². The minimum atomic E-state index is -4.70. The van der Waals surface area contributed by atoms with E-state index in [2.05, 4.69) is 5.32 Å². The van der Waals surface area contributed by atoms with E-state index >= 15 is 0 Å².